The first-order chi connectivity index (χ1) is 4.20. The maximum absolute atomic E-state index is 7.23. The van der Waals surface area contributed by atoms with Gasteiger partial charge in [-0.15, -0.1) is 5.69 Å². The summed E-state index contributed by atoms with van der Waals surface area (Å²) in [4.78, 5) is 0. The monoisotopic (exact) mass is 159 g/mol. The van der Waals surface area contributed by atoms with Crippen molar-refractivity contribution in [1.29, 1.82) is 0 Å². The SMILES string of the molecule is Cc1ccc([NH-])cc1C.[K+]. The van der Waals surface area contributed by atoms with E-state index in [-0.39, 0.29) is 51.4 Å². The molecule has 0 amide bonds. The van der Waals surface area contributed by atoms with Gasteiger partial charge < -0.3 is 5.73 Å². The molecule has 0 radical (unpaired) electrons. The van der Waals surface area contributed by atoms with Gasteiger partial charge in [0.1, 0.15) is 0 Å². The van der Waals surface area contributed by atoms with E-state index in [2.05, 4.69) is 6.92 Å². The minimum atomic E-state index is 0. The largest absolute Gasteiger partial charge is 1.00 e. The Morgan fingerprint density at radius 2 is 1.70 bits per heavy atom. The Hall–Kier alpha value is 0.656. The van der Waals surface area contributed by atoms with Crippen LogP contribution >= 0.6 is 0 Å². The fourth-order valence-corrected chi connectivity index (χ4v) is 0.741. The average molecular weight is 159 g/mol. The average Bonchev–Trinajstić information content (AvgIpc) is 1.80. The molecule has 0 heterocycles. The van der Waals surface area contributed by atoms with E-state index in [0.29, 0.717) is 5.69 Å². The Kier molecular flexibility index (Phi) is 4.81. The Morgan fingerprint density at radius 1 is 1.10 bits per heavy atom. The number of rotatable bonds is 0. The van der Waals surface area contributed by atoms with E-state index in [1.165, 1.54) is 11.1 Å². The van der Waals surface area contributed by atoms with Crippen LogP contribution in [0.15, 0.2) is 18.2 Å². The van der Waals surface area contributed by atoms with Crippen LogP contribution in [0.2, 0.25) is 0 Å². The van der Waals surface area contributed by atoms with Crippen LogP contribution in [-0.2, 0) is 0 Å². The third-order valence-electron chi connectivity index (χ3n) is 1.51. The summed E-state index contributed by atoms with van der Waals surface area (Å²) in [6.45, 7) is 4.07. The number of benzene rings is 1. The van der Waals surface area contributed by atoms with Gasteiger partial charge in [-0.3, -0.25) is 0 Å². The molecular formula is C8H10KN. The van der Waals surface area contributed by atoms with Crippen LogP contribution in [0, 0.1) is 13.8 Å². The van der Waals surface area contributed by atoms with E-state index in [1.54, 1.807) is 0 Å². The van der Waals surface area contributed by atoms with Crippen molar-refractivity contribution in [3.63, 3.8) is 0 Å². The second-order valence-electron chi connectivity index (χ2n) is 2.30. The number of hydrogen-bond donors (Lipinski definition) is 0. The summed E-state index contributed by atoms with van der Waals surface area (Å²) in [6.07, 6.45) is 0. The van der Waals surface area contributed by atoms with Gasteiger partial charge in [0.2, 0.25) is 0 Å². The van der Waals surface area contributed by atoms with Crippen molar-refractivity contribution in [3.8, 4) is 0 Å². The summed E-state index contributed by atoms with van der Waals surface area (Å²) in [5, 5.41) is 0. The maximum Gasteiger partial charge on any atom is 1.00 e. The van der Waals surface area contributed by atoms with Crippen molar-refractivity contribution in [2.24, 2.45) is 0 Å². The van der Waals surface area contributed by atoms with E-state index in [0.717, 1.165) is 0 Å². The fraction of sp³-hybridized carbons (Fsp3) is 0.250. The predicted molar refractivity (Wildman–Crippen MR) is 39.9 cm³/mol. The molecular weight excluding hydrogens is 149 g/mol. The zero-order chi connectivity index (χ0) is 6.85. The Bertz CT molecular complexity index is 220. The zero-order valence-electron chi connectivity index (χ0n) is 6.73. The van der Waals surface area contributed by atoms with Gasteiger partial charge >= 0.3 is 51.4 Å². The molecule has 0 aliphatic rings. The first-order valence-electron chi connectivity index (χ1n) is 2.99. The third kappa shape index (κ3) is 2.72. The topological polar surface area (TPSA) is 23.8 Å². The molecule has 0 aromatic heterocycles. The van der Waals surface area contributed by atoms with Gasteiger partial charge in [0, 0.05) is 0 Å². The van der Waals surface area contributed by atoms with Crippen LogP contribution in [-0.4, -0.2) is 0 Å². The Morgan fingerprint density at radius 3 is 2.10 bits per heavy atom. The minimum Gasteiger partial charge on any atom is -0.699 e. The van der Waals surface area contributed by atoms with Crippen molar-refractivity contribution >= 4 is 5.69 Å². The normalized spacial score (nSPS) is 8.60. The summed E-state index contributed by atoms with van der Waals surface area (Å²) in [7, 11) is 0. The molecule has 0 aliphatic carbocycles. The molecule has 1 aromatic carbocycles. The van der Waals surface area contributed by atoms with E-state index in [1.807, 2.05) is 25.1 Å². The molecule has 1 nitrogen and oxygen atoms in total. The number of hydrogen-bond acceptors (Lipinski definition) is 0. The van der Waals surface area contributed by atoms with Gasteiger partial charge in [0.15, 0.2) is 0 Å². The standard InChI is InChI=1S/C8H10N.K/c1-6-3-4-8(9)5-7(6)2;/h3-5,9H,1-2H3;/q-1;+1. The molecule has 0 bridgehead atoms. The summed E-state index contributed by atoms with van der Waals surface area (Å²) in [5.74, 6) is 0. The van der Waals surface area contributed by atoms with E-state index < -0.39 is 0 Å². The van der Waals surface area contributed by atoms with Crippen molar-refractivity contribution in [2.45, 2.75) is 13.8 Å². The van der Waals surface area contributed by atoms with Gasteiger partial charge in [-0.25, -0.2) is 0 Å². The molecule has 48 valence electrons. The van der Waals surface area contributed by atoms with E-state index in [9.17, 15) is 0 Å². The third-order valence-corrected chi connectivity index (χ3v) is 1.51. The summed E-state index contributed by atoms with van der Waals surface area (Å²) in [6, 6.07) is 5.65. The molecule has 0 atom stereocenters. The van der Waals surface area contributed by atoms with Crippen LogP contribution in [0.5, 0.6) is 0 Å². The molecule has 0 unspecified atom stereocenters. The van der Waals surface area contributed by atoms with Crippen molar-refractivity contribution in [1.82, 2.24) is 0 Å². The van der Waals surface area contributed by atoms with Crippen molar-refractivity contribution in [3.05, 3.63) is 35.1 Å². The molecule has 0 spiro atoms. The second kappa shape index (κ2) is 4.52. The molecule has 10 heavy (non-hydrogen) atoms. The summed E-state index contributed by atoms with van der Waals surface area (Å²) >= 11 is 0. The second-order valence-corrected chi connectivity index (χ2v) is 2.30. The van der Waals surface area contributed by atoms with Crippen molar-refractivity contribution in [2.75, 3.05) is 0 Å². The molecule has 0 saturated carbocycles. The van der Waals surface area contributed by atoms with Crippen LogP contribution < -0.4 is 51.4 Å². The van der Waals surface area contributed by atoms with Crippen LogP contribution in [0.25, 0.3) is 5.73 Å². The quantitative estimate of drug-likeness (QED) is 0.476. The van der Waals surface area contributed by atoms with Gasteiger partial charge in [0.25, 0.3) is 0 Å². The maximum atomic E-state index is 7.23. The summed E-state index contributed by atoms with van der Waals surface area (Å²) in [5.41, 5.74) is 10.3. The van der Waals surface area contributed by atoms with Crippen LogP contribution in [0.4, 0.5) is 5.69 Å². The first kappa shape index (κ1) is 10.7. The molecule has 2 heteroatoms. The van der Waals surface area contributed by atoms with Crippen LogP contribution in [0.3, 0.4) is 0 Å². The Labute approximate surface area is 104 Å². The predicted octanol–water partition coefficient (Wildman–Crippen LogP) is -0.00886. The molecule has 1 rings (SSSR count). The van der Waals surface area contributed by atoms with E-state index in [4.69, 9.17) is 5.73 Å². The van der Waals surface area contributed by atoms with Crippen LogP contribution in [0.1, 0.15) is 11.1 Å². The fourth-order valence-electron chi connectivity index (χ4n) is 0.741. The summed E-state index contributed by atoms with van der Waals surface area (Å²) < 4.78 is 0. The number of nitrogens with one attached hydrogen (secondary N) is 1. The molecule has 1 aromatic rings. The van der Waals surface area contributed by atoms with Gasteiger partial charge in [-0.1, -0.05) is 18.2 Å². The van der Waals surface area contributed by atoms with Gasteiger partial charge in [-0.2, -0.15) is 0 Å². The molecule has 0 aliphatic heterocycles. The van der Waals surface area contributed by atoms with Crippen molar-refractivity contribution < 1.29 is 51.4 Å². The minimum absolute atomic E-state index is 0. The molecule has 0 saturated heterocycles. The van der Waals surface area contributed by atoms with E-state index >= 15 is 0 Å². The number of aryl methyl sites for hydroxylation is 2. The first-order valence-corrected chi connectivity index (χ1v) is 2.99. The Balaban J connectivity index is 0.000000810. The molecule has 0 fully saturated rings. The smallest absolute Gasteiger partial charge is 0.699 e. The molecule has 1 N–H and O–H groups in total. The zero-order valence-corrected chi connectivity index (χ0v) is 9.86. The van der Waals surface area contributed by atoms with Gasteiger partial charge in [0.05, 0.1) is 0 Å². The van der Waals surface area contributed by atoms with Gasteiger partial charge in [-0.05, 0) is 25.0 Å².